The summed E-state index contributed by atoms with van der Waals surface area (Å²) in [6, 6.07) is 8.17. The number of nitrogens with two attached hydrogens (primary N) is 1. The summed E-state index contributed by atoms with van der Waals surface area (Å²) in [6.45, 7) is 0. The van der Waals surface area contributed by atoms with Crippen LogP contribution in [0.5, 0.6) is 0 Å². The number of hydrogen-bond donors (Lipinski definition) is 2. The van der Waals surface area contributed by atoms with Crippen LogP contribution < -0.4 is 11.1 Å². The molecule has 0 atom stereocenters. The molecule has 3 nitrogen and oxygen atoms in total. The lowest BCUT2D eigenvalue weighted by Crippen LogP contribution is -1.96. The Hall–Kier alpha value is -1.62. The lowest BCUT2D eigenvalue weighted by Gasteiger charge is -2.06. The average molecular weight is 282 g/mol. The third-order valence-electron chi connectivity index (χ3n) is 1.98. The number of benzene rings is 1. The van der Waals surface area contributed by atoms with Gasteiger partial charge in [0.15, 0.2) is 0 Å². The summed E-state index contributed by atoms with van der Waals surface area (Å²) in [5, 5.41) is 2.86. The first-order valence-electron chi connectivity index (χ1n) is 4.59. The molecular weight excluding hydrogens is 273 g/mol. The standard InChI is InChI=1S/C11H9BrFN3/c12-7-1-3-10(9(13)5-7)16-11-4-2-8(14)6-15-11/h1-6H,14H2,(H,15,16). The van der Waals surface area contributed by atoms with Crippen molar-refractivity contribution in [2.45, 2.75) is 0 Å². The number of halogens is 2. The van der Waals surface area contributed by atoms with Crippen molar-refractivity contribution in [3.05, 3.63) is 46.8 Å². The molecule has 0 amide bonds. The number of nitrogens with one attached hydrogen (secondary N) is 1. The van der Waals surface area contributed by atoms with E-state index in [4.69, 9.17) is 5.73 Å². The van der Waals surface area contributed by atoms with Crippen LogP contribution in [0.3, 0.4) is 0 Å². The molecule has 5 heteroatoms. The van der Waals surface area contributed by atoms with E-state index < -0.39 is 0 Å². The minimum atomic E-state index is -0.340. The molecule has 1 aromatic heterocycles. The maximum absolute atomic E-state index is 13.5. The Bertz CT molecular complexity index is 499. The van der Waals surface area contributed by atoms with E-state index in [1.54, 1.807) is 24.3 Å². The normalized spacial score (nSPS) is 10.1. The summed E-state index contributed by atoms with van der Waals surface area (Å²) in [7, 11) is 0. The van der Waals surface area contributed by atoms with Crippen LogP contribution in [0, 0.1) is 5.82 Å². The Morgan fingerprint density at radius 1 is 1.25 bits per heavy atom. The Balaban J connectivity index is 2.23. The largest absolute Gasteiger partial charge is 0.397 e. The van der Waals surface area contributed by atoms with Gasteiger partial charge in [0.2, 0.25) is 0 Å². The first kappa shape index (κ1) is 10.9. The molecule has 0 aliphatic rings. The zero-order valence-electron chi connectivity index (χ0n) is 8.24. The summed E-state index contributed by atoms with van der Waals surface area (Å²) in [6.07, 6.45) is 1.51. The highest BCUT2D eigenvalue weighted by molar-refractivity contribution is 9.10. The molecule has 0 bridgehead atoms. The fraction of sp³-hybridized carbons (Fsp3) is 0. The highest BCUT2D eigenvalue weighted by atomic mass is 79.9. The molecular formula is C11H9BrFN3. The summed E-state index contributed by atoms with van der Waals surface area (Å²) in [4.78, 5) is 4.02. The van der Waals surface area contributed by atoms with Crippen LogP contribution in [0.25, 0.3) is 0 Å². The van der Waals surface area contributed by atoms with Crippen molar-refractivity contribution in [2.75, 3.05) is 11.1 Å². The van der Waals surface area contributed by atoms with Crippen molar-refractivity contribution in [3.63, 3.8) is 0 Å². The number of nitrogen functional groups attached to an aromatic ring is 1. The Morgan fingerprint density at radius 2 is 2.06 bits per heavy atom. The third kappa shape index (κ3) is 2.49. The van der Waals surface area contributed by atoms with Gasteiger partial charge in [-0.05, 0) is 30.3 Å². The second-order valence-electron chi connectivity index (χ2n) is 3.23. The van der Waals surface area contributed by atoms with E-state index in [-0.39, 0.29) is 5.82 Å². The second-order valence-corrected chi connectivity index (χ2v) is 4.14. The Labute approximate surface area is 101 Å². The molecule has 0 aliphatic heterocycles. The van der Waals surface area contributed by atoms with Gasteiger partial charge in [-0.2, -0.15) is 0 Å². The molecule has 3 N–H and O–H groups in total. The van der Waals surface area contributed by atoms with Gasteiger partial charge in [0.25, 0.3) is 0 Å². The van der Waals surface area contributed by atoms with Crippen molar-refractivity contribution in [2.24, 2.45) is 0 Å². The maximum Gasteiger partial charge on any atom is 0.147 e. The lowest BCUT2D eigenvalue weighted by atomic mass is 10.3. The van der Waals surface area contributed by atoms with E-state index >= 15 is 0 Å². The number of nitrogens with zero attached hydrogens (tertiary/aromatic N) is 1. The molecule has 0 spiro atoms. The van der Waals surface area contributed by atoms with Crippen molar-refractivity contribution < 1.29 is 4.39 Å². The minimum absolute atomic E-state index is 0.340. The van der Waals surface area contributed by atoms with E-state index in [0.717, 1.165) is 0 Å². The van der Waals surface area contributed by atoms with Gasteiger partial charge in [-0.3, -0.25) is 0 Å². The fourth-order valence-electron chi connectivity index (χ4n) is 1.21. The van der Waals surface area contributed by atoms with Crippen molar-refractivity contribution in [3.8, 4) is 0 Å². The minimum Gasteiger partial charge on any atom is -0.397 e. The maximum atomic E-state index is 13.5. The van der Waals surface area contributed by atoms with Crippen LogP contribution in [-0.2, 0) is 0 Å². The predicted octanol–water partition coefficient (Wildman–Crippen LogP) is 3.31. The van der Waals surface area contributed by atoms with E-state index in [1.807, 2.05) is 0 Å². The molecule has 0 aliphatic carbocycles. The summed E-state index contributed by atoms with van der Waals surface area (Å²) in [5.41, 5.74) is 6.45. The van der Waals surface area contributed by atoms with Crippen molar-refractivity contribution >= 4 is 33.1 Å². The topological polar surface area (TPSA) is 50.9 Å². The van der Waals surface area contributed by atoms with E-state index in [9.17, 15) is 4.39 Å². The fourth-order valence-corrected chi connectivity index (χ4v) is 1.54. The molecule has 0 saturated heterocycles. The van der Waals surface area contributed by atoms with Crippen molar-refractivity contribution in [1.82, 2.24) is 4.98 Å². The van der Waals surface area contributed by atoms with Crippen molar-refractivity contribution in [1.29, 1.82) is 0 Å². The summed E-state index contributed by atoms with van der Waals surface area (Å²) < 4.78 is 14.2. The molecule has 0 fully saturated rings. The van der Waals surface area contributed by atoms with Gasteiger partial charge in [-0.1, -0.05) is 15.9 Å². The van der Waals surface area contributed by atoms with Gasteiger partial charge < -0.3 is 11.1 Å². The molecule has 16 heavy (non-hydrogen) atoms. The zero-order chi connectivity index (χ0) is 11.5. The Kier molecular flexibility index (Phi) is 3.05. The summed E-state index contributed by atoms with van der Waals surface area (Å²) >= 11 is 3.19. The van der Waals surface area contributed by atoms with E-state index in [2.05, 4.69) is 26.2 Å². The zero-order valence-corrected chi connectivity index (χ0v) is 9.83. The van der Waals surface area contributed by atoms with Crippen LogP contribution in [0.15, 0.2) is 41.0 Å². The predicted molar refractivity (Wildman–Crippen MR) is 66.0 cm³/mol. The highest BCUT2D eigenvalue weighted by Gasteiger charge is 2.03. The second kappa shape index (κ2) is 4.49. The van der Waals surface area contributed by atoms with Gasteiger partial charge in [-0.25, -0.2) is 9.37 Å². The van der Waals surface area contributed by atoms with Gasteiger partial charge in [0, 0.05) is 4.47 Å². The quantitative estimate of drug-likeness (QED) is 0.888. The van der Waals surface area contributed by atoms with Gasteiger partial charge >= 0.3 is 0 Å². The molecule has 1 heterocycles. The molecule has 82 valence electrons. The monoisotopic (exact) mass is 281 g/mol. The van der Waals surface area contributed by atoms with E-state index in [1.165, 1.54) is 12.3 Å². The van der Waals surface area contributed by atoms with Crippen LogP contribution >= 0.6 is 15.9 Å². The SMILES string of the molecule is Nc1ccc(Nc2ccc(Br)cc2F)nc1. The van der Waals surface area contributed by atoms with Crippen LogP contribution in [0.1, 0.15) is 0 Å². The molecule has 2 aromatic rings. The molecule has 0 radical (unpaired) electrons. The molecule has 0 saturated carbocycles. The number of hydrogen-bond acceptors (Lipinski definition) is 3. The van der Waals surface area contributed by atoms with E-state index in [0.29, 0.717) is 21.7 Å². The average Bonchev–Trinajstić information content (AvgIpc) is 2.25. The van der Waals surface area contributed by atoms with Crippen LogP contribution in [0.2, 0.25) is 0 Å². The first-order chi connectivity index (χ1) is 7.65. The Morgan fingerprint density at radius 3 is 2.69 bits per heavy atom. The number of aromatic nitrogens is 1. The first-order valence-corrected chi connectivity index (χ1v) is 5.38. The van der Waals surface area contributed by atoms with Gasteiger partial charge in [0.1, 0.15) is 11.6 Å². The summed E-state index contributed by atoms with van der Waals surface area (Å²) in [5.74, 6) is 0.212. The molecule has 2 rings (SSSR count). The third-order valence-corrected chi connectivity index (χ3v) is 2.47. The highest BCUT2D eigenvalue weighted by Crippen LogP contribution is 2.22. The van der Waals surface area contributed by atoms with Gasteiger partial charge in [-0.15, -0.1) is 0 Å². The molecule has 0 unspecified atom stereocenters. The number of rotatable bonds is 2. The number of pyridine rings is 1. The number of anilines is 3. The molecule has 1 aromatic carbocycles. The van der Waals surface area contributed by atoms with Gasteiger partial charge in [0.05, 0.1) is 17.6 Å². The van der Waals surface area contributed by atoms with Crippen LogP contribution in [-0.4, -0.2) is 4.98 Å². The van der Waals surface area contributed by atoms with Crippen LogP contribution in [0.4, 0.5) is 21.6 Å². The lowest BCUT2D eigenvalue weighted by molar-refractivity contribution is 0.631. The smallest absolute Gasteiger partial charge is 0.147 e.